The van der Waals surface area contributed by atoms with Gasteiger partial charge in [-0.1, -0.05) is 48.5 Å². The predicted molar refractivity (Wildman–Crippen MR) is 138 cm³/mol. The van der Waals surface area contributed by atoms with Crippen LogP contribution in [0.5, 0.6) is 0 Å². The number of Topliss-reactive ketones (excluding diaryl/α,β-unsaturated/α-hetero) is 1. The zero-order valence-corrected chi connectivity index (χ0v) is 20.5. The number of methoxy groups -OCH3 is 1. The highest BCUT2D eigenvalue weighted by molar-refractivity contribution is 6.16. The molecular weight excluding hydrogens is 456 g/mol. The van der Waals surface area contributed by atoms with Gasteiger partial charge in [0.05, 0.1) is 24.3 Å². The summed E-state index contributed by atoms with van der Waals surface area (Å²) in [5.41, 5.74) is 3.30. The number of hydrogen-bond acceptors (Lipinski definition) is 6. The van der Waals surface area contributed by atoms with Gasteiger partial charge in [0.2, 0.25) is 0 Å². The number of aliphatic hydroxyl groups excluding tert-OH is 1. The van der Waals surface area contributed by atoms with E-state index in [1.165, 1.54) is 18.1 Å². The van der Waals surface area contributed by atoms with Crippen molar-refractivity contribution in [1.29, 1.82) is 0 Å². The molecule has 1 heterocycles. The number of hydrogen-bond donors (Lipinski definition) is 1. The van der Waals surface area contributed by atoms with Crippen molar-refractivity contribution < 1.29 is 24.2 Å². The molecule has 184 valence electrons. The first-order valence-corrected chi connectivity index (χ1v) is 11.6. The lowest BCUT2D eigenvalue weighted by Gasteiger charge is -2.27. The average Bonchev–Trinajstić information content (AvgIpc) is 3.17. The van der Waals surface area contributed by atoms with Gasteiger partial charge in [0.15, 0.2) is 11.5 Å². The molecule has 1 aliphatic heterocycles. The predicted octanol–water partition coefficient (Wildman–Crippen LogP) is 4.64. The summed E-state index contributed by atoms with van der Waals surface area (Å²) >= 11 is 0. The molecule has 0 fully saturated rings. The smallest absolute Gasteiger partial charge is 0.337 e. The largest absolute Gasteiger partial charge is 0.503 e. The number of ketones is 1. The van der Waals surface area contributed by atoms with Gasteiger partial charge in [0.1, 0.15) is 0 Å². The van der Waals surface area contributed by atoms with Gasteiger partial charge in [0, 0.05) is 31.9 Å². The van der Waals surface area contributed by atoms with Crippen LogP contribution in [0.15, 0.2) is 90.2 Å². The Morgan fingerprint density at radius 2 is 1.67 bits per heavy atom. The van der Waals surface area contributed by atoms with Crippen LogP contribution in [0, 0.1) is 0 Å². The molecule has 3 aromatic rings. The zero-order valence-electron chi connectivity index (χ0n) is 20.5. The fourth-order valence-electron chi connectivity index (χ4n) is 4.36. The topological polar surface area (TPSA) is 87.1 Å². The van der Waals surface area contributed by atoms with E-state index in [0.29, 0.717) is 17.7 Å². The second-order valence-corrected chi connectivity index (χ2v) is 8.78. The minimum absolute atomic E-state index is 0.0528. The Morgan fingerprint density at radius 1 is 0.972 bits per heavy atom. The zero-order chi connectivity index (χ0) is 25.8. The van der Waals surface area contributed by atoms with Gasteiger partial charge in [0.25, 0.3) is 5.91 Å². The van der Waals surface area contributed by atoms with Crippen molar-refractivity contribution in [2.45, 2.75) is 18.9 Å². The molecule has 1 aliphatic rings. The normalized spacial score (nSPS) is 15.2. The highest BCUT2D eigenvalue weighted by Gasteiger charge is 2.44. The van der Waals surface area contributed by atoms with Crippen molar-refractivity contribution in [1.82, 2.24) is 0 Å². The minimum Gasteiger partial charge on any atom is -0.503 e. The van der Waals surface area contributed by atoms with Crippen LogP contribution in [0.4, 0.5) is 11.4 Å². The van der Waals surface area contributed by atoms with Gasteiger partial charge in [-0.05, 0) is 47.9 Å². The number of ether oxygens (including phenoxy) is 1. The summed E-state index contributed by atoms with van der Waals surface area (Å²) in [5, 5.41) is 10.9. The van der Waals surface area contributed by atoms with E-state index in [1.54, 1.807) is 18.2 Å². The van der Waals surface area contributed by atoms with Crippen molar-refractivity contribution in [2.75, 3.05) is 31.0 Å². The van der Waals surface area contributed by atoms with Crippen molar-refractivity contribution in [3.8, 4) is 0 Å². The van der Waals surface area contributed by atoms with E-state index in [2.05, 4.69) is 0 Å². The van der Waals surface area contributed by atoms with Crippen LogP contribution >= 0.6 is 0 Å². The number of amides is 1. The van der Waals surface area contributed by atoms with E-state index in [9.17, 15) is 19.5 Å². The number of aliphatic hydroxyl groups is 1. The lowest BCUT2D eigenvalue weighted by molar-refractivity contribution is -0.118. The molecule has 0 aromatic heterocycles. The molecule has 0 saturated carbocycles. The molecule has 1 unspecified atom stereocenters. The van der Waals surface area contributed by atoms with E-state index in [1.807, 2.05) is 73.6 Å². The Morgan fingerprint density at radius 3 is 2.31 bits per heavy atom. The maximum Gasteiger partial charge on any atom is 0.337 e. The summed E-state index contributed by atoms with van der Waals surface area (Å²) in [7, 11) is 5.12. The highest BCUT2D eigenvalue weighted by Crippen LogP contribution is 2.42. The fraction of sp³-hybridized carbons (Fsp3) is 0.207. The second-order valence-electron chi connectivity index (χ2n) is 8.78. The number of rotatable bonds is 8. The Hall–Kier alpha value is -4.39. The Kier molecular flexibility index (Phi) is 7.20. The Labute approximate surface area is 210 Å². The van der Waals surface area contributed by atoms with Gasteiger partial charge in [-0.25, -0.2) is 4.79 Å². The molecule has 0 bridgehead atoms. The number of carbonyl (C=O) groups is 3. The average molecular weight is 485 g/mol. The summed E-state index contributed by atoms with van der Waals surface area (Å²) in [4.78, 5) is 42.2. The van der Waals surface area contributed by atoms with Crippen LogP contribution in [-0.2, 0) is 20.7 Å². The molecule has 1 amide bonds. The molecule has 4 rings (SSSR count). The molecule has 1 atom stereocenters. The number of esters is 1. The molecule has 0 radical (unpaired) electrons. The minimum atomic E-state index is -0.843. The third-order valence-electron chi connectivity index (χ3n) is 6.26. The molecule has 1 N–H and O–H groups in total. The quantitative estimate of drug-likeness (QED) is 0.469. The summed E-state index contributed by atoms with van der Waals surface area (Å²) in [6, 6.07) is 22.6. The third-order valence-corrected chi connectivity index (χ3v) is 6.26. The van der Waals surface area contributed by atoms with Crippen LogP contribution in [0.25, 0.3) is 0 Å². The maximum absolute atomic E-state index is 13.5. The van der Waals surface area contributed by atoms with Crippen molar-refractivity contribution in [2.24, 2.45) is 0 Å². The molecule has 0 spiro atoms. The molecule has 7 nitrogen and oxygen atoms in total. The molecule has 0 aliphatic carbocycles. The van der Waals surface area contributed by atoms with E-state index in [0.717, 1.165) is 11.3 Å². The van der Waals surface area contributed by atoms with Gasteiger partial charge in [-0.3, -0.25) is 14.5 Å². The highest BCUT2D eigenvalue weighted by atomic mass is 16.5. The van der Waals surface area contributed by atoms with Gasteiger partial charge in [-0.2, -0.15) is 0 Å². The van der Waals surface area contributed by atoms with Crippen LogP contribution < -0.4 is 9.80 Å². The van der Waals surface area contributed by atoms with Crippen LogP contribution in [0.2, 0.25) is 0 Å². The van der Waals surface area contributed by atoms with E-state index >= 15 is 0 Å². The lowest BCUT2D eigenvalue weighted by atomic mass is 9.92. The summed E-state index contributed by atoms with van der Waals surface area (Å²) < 4.78 is 4.82. The van der Waals surface area contributed by atoms with Gasteiger partial charge >= 0.3 is 5.97 Å². The lowest BCUT2D eigenvalue weighted by Crippen LogP contribution is -2.31. The van der Waals surface area contributed by atoms with Gasteiger partial charge < -0.3 is 14.7 Å². The molecule has 0 saturated heterocycles. The Bertz CT molecular complexity index is 1310. The number of benzene rings is 3. The van der Waals surface area contributed by atoms with E-state index in [4.69, 9.17) is 4.74 Å². The summed E-state index contributed by atoms with van der Waals surface area (Å²) in [5.74, 6) is -2.12. The maximum atomic E-state index is 13.5. The number of nitrogens with zero attached hydrogens (tertiary/aromatic N) is 2. The first-order chi connectivity index (χ1) is 17.3. The molecule has 36 heavy (non-hydrogen) atoms. The molecule has 7 heteroatoms. The number of carbonyl (C=O) groups excluding carboxylic acids is 3. The second kappa shape index (κ2) is 10.5. The monoisotopic (exact) mass is 484 g/mol. The van der Waals surface area contributed by atoms with Crippen molar-refractivity contribution in [3.05, 3.63) is 107 Å². The Balaban J connectivity index is 1.75. The first-order valence-electron chi connectivity index (χ1n) is 11.6. The standard InChI is InChI=1S/C29H28N2O5/c1-30(2)22-15-13-20(14-16-22)26-25(24(32)17-12-19-8-5-4-6-9-19)27(33)28(34)31(26)23-11-7-10-21(18-23)29(35)36-3/h4-11,13-16,18,26,33H,12,17H2,1-3H3. The van der Waals surface area contributed by atoms with Crippen molar-refractivity contribution in [3.63, 3.8) is 0 Å². The SMILES string of the molecule is COC(=O)c1cccc(N2C(=O)C(O)=C(C(=O)CCc3ccccc3)C2c2ccc(N(C)C)cc2)c1. The number of anilines is 2. The summed E-state index contributed by atoms with van der Waals surface area (Å²) in [6.45, 7) is 0. The molecular formula is C29H28N2O5. The summed E-state index contributed by atoms with van der Waals surface area (Å²) in [6.07, 6.45) is 0.619. The van der Waals surface area contributed by atoms with E-state index in [-0.39, 0.29) is 23.3 Å². The van der Waals surface area contributed by atoms with E-state index < -0.39 is 23.7 Å². The van der Waals surface area contributed by atoms with Crippen molar-refractivity contribution >= 4 is 29.0 Å². The van der Waals surface area contributed by atoms with Crippen LogP contribution in [-0.4, -0.2) is 44.0 Å². The first kappa shape index (κ1) is 24.7. The third kappa shape index (κ3) is 4.86. The van der Waals surface area contributed by atoms with Crippen LogP contribution in [0.1, 0.15) is 33.9 Å². The van der Waals surface area contributed by atoms with Gasteiger partial charge in [-0.15, -0.1) is 0 Å². The fourth-order valence-corrected chi connectivity index (χ4v) is 4.36. The number of aryl methyl sites for hydroxylation is 1. The van der Waals surface area contributed by atoms with Crippen LogP contribution in [0.3, 0.4) is 0 Å². The molecule has 3 aromatic carbocycles.